The average molecular weight is 171 g/mol. The molecule has 12 heavy (non-hydrogen) atoms. The summed E-state index contributed by atoms with van der Waals surface area (Å²) in [6.07, 6.45) is 0.888. The average Bonchev–Trinajstić information content (AvgIpc) is 2.31. The Hall–Kier alpha value is -0.570. The first-order valence-electron chi connectivity index (χ1n) is 4.43. The van der Waals surface area contributed by atoms with E-state index in [1.807, 2.05) is 11.8 Å². The highest BCUT2D eigenvalue weighted by Gasteiger charge is 2.38. The summed E-state index contributed by atoms with van der Waals surface area (Å²) in [5.74, 6) is 0.106. The molecule has 1 saturated heterocycles. The summed E-state index contributed by atoms with van der Waals surface area (Å²) in [5.41, 5.74) is -0.0764. The zero-order chi connectivity index (χ0) is 9.35. The summed E-state index contributed by atoms with van der Waals surface area (Å²) < 4.78 is 5.24. The maximum atomic E-state index is 11.4. The molecule has 0 aromatic heterocycles. The summed E-state index contributed by atoms with van der Waals surface area (Å²) in [6.45, 7) is 8.37. The standard InChI is InChI=1S/C9H17NO2/c1-5-9(3,4)10-7(2)12-6-8(10)11/h7H,5-6H2,1-4H3. The van der Waals surface area contributed by atoms with E-state index in [9.17, 15) is 4.79 Å². The van der Waals surface area contributed by atoms with Crippen molar-refractivity contribution in [1.82, 2.24) is 4.90 Å². The Morgan fingerprint density at radius 2 is 2.25 bits per heavy atom. The molecule has 0 aromatic carbocycles. The SMILES string of the molecule is CCC(C)(C)N1C(=O)COC1C. The molecule has 1 unspecified atom stereocenters. The second-order valence-corrected chi connectivity index (χ2v) is 3.84. The van der Waals surface area contributed by atoms with Gasteiger partial charge in [-0.25, -0.2) is 0 Å². The van der Waals surface area contributed by atoms with Gasteiger partial charge in [0, 0.05) is 5.54 Å². The molecule has 70 valence electrons. The van der Waals surface area contributed by atoms with E-state index in [0.717, 1.165) is 6.42 Å². The highest BCUT2D eigenvalue weighted by atomic mass is 16.5. The van der Waals surface area contributed by atoms with Crippen molar-refractivity contribution < 1.29 is 9.53 Å². The lowest BCUT2D eigenvalue weighted by molar-refractivity contribution is -0.133. The molecule has 1 aliphatic heterocycles. The van der Waals surface area contributed by atoms with E-state index in [1.54, 1.807) is 0 Å². The van der Waals surface area contributed by atoms with Crippen LogP contribution in [0, 0.1) is 0 Å². The topological polar surface area (TPSA) is 29.5 Å². The van der Waals surface area contributed by atoms with Gasteiger partial charge < -0.3 is 9.64 Å². The number of carbonyl (C=O) groups is 1. The lowest BCUT2D eigenvalue weighted by Gasteiger charge is -2.36. The van der Waals surface area contributed by atoms with E-state index >= 15 is 0 Å². The van der Waals surface area contributed by atoms with Gasteiger partial charge in [-0.3, -0.25) is 4.79 Å². The molecule has 1 fully saturated rings. The van der Waals surface area contributed by atoms with Crippen LogP contribution in [0.3, 0.4) is 0 Å². The molecule has 0 bridgehead atoms. The minimum atomic E-state index is -0.0764. The quantitative estimate of drug-likeness (QED) is 0.628. The molecule has 1 atom stereocenters. The minimum Gasteiger partial charge on any atom is -0.349 e. The van der Waals surface area contributed by atoms with E-state index in [4.69, 9.17) is 4.74 Å². The Labute approximate surface area is 73.7 Å². The second-order valence-electron chi connectivity index (χ2n) is 3.84. The van der Waals surface area contributed by atoms with Gasteiger partial charge in [-0.05, 0) is 27.2 Å². The van der Waals surface area contributed by atoms with Crippen LogP contribution < -0.4 is 0 Å². The van der Waals surface area contributed by atoms with Crippen LogP contribution in [0.1, 0.15) is 34.1 Å². The smallest absolute Gasteiger partial charge is 0.251 e. The third kappa shape index (κ3) is 1.46. The Morgan fingerprint density at radius 3 is 2.58 bits per heavy atom. The molecule has 0 saturated carbocycles. The second kappa shape index (κ2) is 3.05. The van der Waals surface area contributed by atoms with Crippen LogP contribution in [0.2, 0.25) is 0 Å². The predicted molar refractivity (Wildman–Crippen MR) is 46.6 cm³/mol. The van der Waals surface area contributed by atoms with Crippen LogP contribution in [0.15, 0.2) is 0 Å². The van der Waals surface area contributed by atoms with E-state index in [-0.39, 0.29) is 24.3 Å². The first-order chi connectivity index (χ1) is 5.49. The summed E-state index contributed by atoms with van der Waals surface area (Å²) in [5, 5.41) is 0. The van der Waals surface area contributed by atoms with Crippen LogP contribution in [-0.4, -0.2) is 29.2 Å². The van der Waals surface area contributed by atoms with Gasteiger partial charge in [-0.15, -0.1) is 0 Å². The van der Waals surface area contributed by atoms with Crippen molar-refractivity contribution in [2.75, 3.05) is 6.61 Å². The van der Waals surface area contributed by atoms with Crippen molar-refractivity contribution in [3.8, 4) is 0 Å². The molecule has 1 heterocycles. The first-order valence-corrected chi connectivity index (χ1v) is 4.43. The van der Waals surface area contributed by atoms with E-state index in [1.165, 1.54) is 0 Å². The van der Waals surface area contributed by atoms with Gasteiger partial charge in [0.15, 0.2) is 0 Å². The van der Waals surface area contributed by atoms with Crippen LogP contribution in [0.4, 0.5) is 0 Å². The molecular weight excluding hydrogens is 154 g/mol. The number of ether oxygens (including phenoxy) is 1. The van der Waals surface area contributed by atoms with Crippen molar-refractivity contribution in [2.45, 2.75) is 45.9 Å². The molecule has 1 amide bonds. The maximum absolute atomic E-state index is 11.4. The maximum Gasteiger partial charge on any atom is 0.251 e. The van der Waals surface area contributed by atoms with Crippen LogP contribution in [0.5, 0.6) is 0 Å². The van der Waals surface area contributed by atoms with Crippen LogP contribution >= 0.6 is 0 Å². The highest BCUT2D eigenvalue weighted by Crippen LogP contribution is 2.25. The Morgan fingerprint density at radius 1 is 1.67 bits per heavy atom. The molecule has 3 heteroatoms. The molecule has 0 aliphatic carbocycles. The number of hydrogen-bond acceptors (Lipinski definition) is 2. The monoisotopic (exact) mass is 171 g/mol. The molecule has 1 aliphatic rings. The fourth-order valence-corrected chi connectivity index (χ4v) is 1.54. The summed E-state index contributed by atoms with van der Waals surface area (Å²) in [4.78, 5) is 13.2. The van der Waals surface area contributed by atoms with Gasteiger partial charge in [0.1, 0.15) is 12.8 Å². The third-order valence-corrected chi connectivity index (χ3v) is 2.60. The zero-order valence-electron chi connectivity index (χ0n) is 8.26. The van der Waals surface area contributed by atoms with Gasteiger partial charge in [0.05, 0.1) is 0 Å². The molecule has 3 nitrogen and oxygen atoms in total. The predicted octanol–water partition coefficient (Wildman–Crippen LogP) is 1.38. The minimum absolute atomic E-state index is 0.0625. The molecule has 0 radical (unpaired) electrons. The lowest BCUT2D eigenvalue weighted by Crippen LogP contribution is -2.48. The van der Waals surface area contributed by atoms with Crippen molar-refractivity contribution in [2.24, 2.45) is 0 Å². The number of nitrogens with zero attached hydrogens (tertiary/aromatic N) is 1. The molecule has 0 spiro atoms. The fraction of sp³-hybridized carbons (Fsp3) is 0.889. The Kier molecular flexibility index (Phi) is 2.42. The molecule has 0 aromatic rings. The molecular formula is C9H17NO2. The van der Waals surface area contributed by atoms with Gasteiger partial charge in [-0.2, -0.15) is 0 Å². The summed E-state index contributed by atoms with van der Waals surface area (Å²) in [7, 11) is 0. The Balaban J connectivity index is 2.78. The third-order valence-electron chi connectivity index (χ3n) is 2.60. The van der Waals surface area contributed by atoms with Gasteiger partial charge >= 0.3 is 0 Å². The van der Waals surface area contributed by atoms with Crippen molar-refractivity contribution >= 4 is 5.91 Å². The van der Waals surface area contributed by atoms with E-state index in [2.05, 4.69) is 20.8 Å². The van der Waals surface area contributed by atoms with Gasteiger partial charge in [0.25, 0.3) is 5.91 Å². The molecule has 0 N–H and O–H groups in total. The van der Waals surface area contributed by atoms with Crippen molar-refractivity contribution in [1.29, 1.82) is 0 Å². The summed E-state index contributed by atoms with van der Waals surface area (Å²) in [6, 6.07) is 0. The fourth-order valence-electron chi connectivity index (χ4n) is 1.54. The van der Waals surface area contributed by atoms with Gasteiger partial charge in [-0.1, -0.05) is 6.92 Å². The molecule has 1 rings (SSSR count). The van der Waals surface area contributed by atoms with Gasteiger partial charge in [0.2, 0.25) is 0 Å². The number of rotatable bonds is 2. The normalized spacial score (nSPS) is 25.2. The largest absolute Gasteiger partial charge is 0.349 e. The van der Waals surface area contributed by atoms with Crippen molar-refractivity contribution in [3.63, 3.8) is 0 Å². The first kappa shape index (κ1) is 9.52. The lowest BCUT2D eigenvalue weighted by atomic mass is 9.99. The zero-order valence-corrected chi connectivity index (χ0v) is 8.26. The van der Waals surface area contributed by atoms with Crippen LogP contribution in [0.25, 0.3) is 0 Å². The number of carbonyl (C=O) groups excluding carboxylic acids is 1. The van der Waals surface area contributed by atoms with Crippen LogP contribution in [-0.2, 0) is 9.53 Å². The van der Waals surface area contributed by atoms with E-state index < -0.39 is 0 Å². The number of amides is 1. The van der Waals surface area contributed by atoms with Crippen molar-refractivity contribution in [3.05, 3.63) is 0 Å². The highest BCUT2D eigenvalue weighted by molar-refractivity contribution is 5.79. The number of hydrogen-bond donors (Lipinski definition) is 0. The van der Waals surface area contributed by atoms with E-state index in [0.29, 0.717) is 0 Å². The Bertz CT molecular complexity index is 189. The summed E-state index contributed by atoms with van der Waals surface area (Å²) >= 11 is 0.